The van der Waals surface area contributed by atoms with E-state index in [1.54, 1.807) is 35.8 Å². The quantitative estimate of drug-likeness (QED) is 0.143. The zero-order chi connectivity index (χ0) is 30.1. The third-order valence-corrected chi connectivity index (χ3v) is 9.84. The lowest BCUT2D eigenvalue weighted by molar-refractivity contribution is -0.121. The van der Waals surface area contributed by atoms with Gasteiger partial charge in [0.1, 0.15) is 0 Å². The second-order valence-corrected chi connectivity index (χ2v) is 13.4. The summed E-state index contributed by atoms with van der Waals surface area (Å²) in [5, 5.41) is 2.87. The van der Waals surface area contributed by atoms with E-state index in [9.17, 15) is 18.7 Å². The summed E-state index contributed by atoms with van der Waals surface area (Å²) in [5.74, 6) is -1.01. The fraction of sp³-hybridized carbons (Fsp3) is 0.542. The Kier molecular flexibility index (Phi) is 13.0. The lowest BCUT2D eigenvalue weighted by Gasteiger charge is -2.30. The van der Waals surface area contributed by atoms with Gasteiger partial charge < -0.3 is 34.5 Å². The maximum Gasteiger partial charge on any atom is 0.414 e. The SMILES string of the molecule is CCN(CC)CCCC(C)N(C(=O)OCCCC(=O)NC(P(=O)(O)O)P(=O)(O)O)c1ccnc2cc(Cl)ccc12. The Morgan fingerprint density at radius 2 is 1.73 bits per heavy atom. The minimum absolute atomic E-state index is 0.0521. The molecular weight excluding hydrogens is 586 g/mol. The fourth-order valence-electron chi connectivity index (χ4n) is 4.15. The first kappa shape index (κ1) is 34.1. The predicted molar refractivity (Wildman–Crippen MR) is 152 cm³/mol. The molecule has 0 bridgehead atoms. The van der Waals surface area contributed by atoms with E-state index in [0.29, 0.717) is 28.0 Å². The van der Waals surface area contributed by atoms with Crippen molar-refractivity contribution >= 4 is 55.4 Å². The largest absolute Gasteiger partial charge is 0.449 e. The van der Waals surface area contributed by atoms with E-state index < -0.39 is 32.7 Å². The molecule has 0 aliphatic rings. The van der Waals surface area contributed by atoms with E-state index >= 15 is 0 Å². The van der Waals surface area contributed by atoms with Crippen molar-refractivity contribution < 1.29 is 43.0 Å². The number of hydrogen-bond acceptors (Lipinski definition) is 7. The number of amides is 2. The molecule has 13 nitrogen and oxygen atoms in total. The highest BCUT2D eigenvalue weighted by atomic mass is 35.5. The van der Waals surface area contributed by atoms with E-state index in [1.165, 1.54) is 4.90 Å². The molecular formula is C24H37ClN4O9P2. The summed E-state index contributed by atoms with van der Waals surface area (Å²) >= 11 is 6.12. The minimum Gasteiger partial charge on any atom is -0.449 e. The average Bonchev–Trinajstić information content (AvgIpc) is 2.86. The van der Waals surface area contributed by atoms with Crippen LogP contribution in [0, 0.1) is 0 Å². The number of nitrogens with zero attached hydrogens (tertiary/aromatic N) is 3. The molecule has 5 N–H and O–H groups in total. The molecule has 2 aromatic rings. The Morgan fingerprint density at radius 1 is 1.07 bits per heavy atom. The van der Waals surface area contributed by atoms with E-state index in [2.05, 4.69) is 23.7 Å². The number of benzene rings is 1. The number of carbonyl (C=O) groups is 2. The maximum atomic E-state index is 13.3. The Labute approximate surface area is 238 Å². The van der Waals surface area contributed by atoms with Gasteiger partial charge in [0.2, 0.25) is 11.4 Å². The lowest BCUT2D eigenvalue weighted by Crippen LogP contribution is -2.40. The molecule has 1 aromatic carbocycles. The molecule has 0 aliphatic carbocycles. The van der Waals surface area contributed by atoms with Gasteiger partial charge in [0, 0.05) is 29.1 Å². The number of nitrogens with one attached hydrogen (secondary N) is 1. The van der Waals surface area contributed by atoms with Crippen molar-refractivity contribution in [3.05, 3.63) is 35.5 Å². The number of fused-ring (bicyclic) bond motifs is 1. The Bertz CT molecular complexity index is 1230. The zero-order valence-corrected chi connectivity index (χ0v) is 25.2. The highest BCUT2D eigenvalue weighted by Crippen LogP contribution is 2.58. The van der Waals surface area contributed by atoms with Crippen LogP contribution in [-0.2, 0) is 18.7 Å². The molecule has 0 aliphatic heterocycles. The standard InChI is InChI=1S/C24H37ClN4O9P2/c1-4-28(5-2)14-6-8-17(3)29(21-12-13-26-20-16-18(25)10-11-19(20)21)24(31)38-15-7-9-22(30)27-23(39(32,33)34)40(35,36)37/h10-13,16-17,23H,4-9,14-15H2,1-3H3,(H,27,30)(H2,32,33,34)(H2,35,36,37). The second-order valence-electron chi connectivity index (χ2n) is 9.22. The summed E-state index contributed by atoms with van der Waals surface area (Å²) in [4.78, 5) is 70.2. The van der Waals surface area contributed by atoms with Gasteiger partial charge in [-0.25, -0.2) is 4.79 Å². The van der Waals surface area contributed by atoms with E-state index in [4.69, 9.17) is 35.9 Å². The molecule has 1 atom stereocenters. The summed E-state index contributed by atoms with van der Waals surface area (Å²) in [6, 6.07) is 6.60. The van der Waals surface area contributed by atoms with Crippen molar-refractivity contribution in [2.45, 2.75) is 58.0 Å². The average molecular weight is 623 g/mol. The number of aromatic nitrogens is 1. The predicted octanol–water partition coefficient (Wildman–Crippen LogP) is 3.88. The van der Waals surface area contributed by atoms with Crippen LogP contribution in [0.1, 0.15) is 46.5 Å². The number of ether oxygens (including phenoxy) is 1. The van der Waals surface area contributed by atoms with Crippen molar-refractivity contribution in [3.8, 4) is 0 Å². The number of rotatable bonds is 15. The molecule has 0 saturated carbocycles. The third-order valence-electron chi connectivity index (χ3n) is 6.27. The number of anilines is 1. The topological polar surface area (TPSA) is 190 Å². The van der Waals surface area contributed by atoms with Gasteiger partial charge in [0.15, 0.2) is 0 Å². The van der Waals surface area contributed by atoms with Gasteiger partial charge in [-0.1, -0.05) is 25.4 Å². The van der Waals surface area contributed by atoms with Crippen molar-refractivity contribution in [2.24, 2.45) is 0 Å². The molecule has 1 unspecified atom stereocenters. The van der Waals surface area contributed by atoms with Crippen LogP contribution in [0.5, 0.6) is 0 Å². The van der Waals surface area contributed by atoms with Crippen LogP contribution in [0.25, 0.3) is 10.9 Å². The molecule has 1 aromatic heterocycles. The number of pyridine rings is 1. The minimum atomic E-state index is -5.31. The van der Waals surface area contributed by atoms with Crippen LogP contribution >= 0.6 is 26.8 Å². The second kappa shape index (κ2) is 15.2. The summed E-state index contributed by atoms with van der Waals surface area (Å²) < 4.78 is 28.2. The van der Waals surface area contributed by atoms with Gasteiger partial charge in [-0.05, 0) is 70.1 Å². The van der Waals surface area contributed by atoms with Crippen molar-refractivity contribution in [3.63, 3.8) is 0 Å². The van der Waals surface area contributed by atoms with Crippen molar-refractivity contribution in [1.29, 1.82) is 0 Å². The molecule has 0 saturated heterocycles. The number of hydrogen-bond donors (Lipinski definition) is 5. The van der Waals surface area contributed by atoms with Gasteiger partial charge in [-0.2, -0.15) is 0 Å². The van der Waals surface area contributed by atoms with E-state index in [0.717, 1.165) is 26.1 Å². The molecule has 40 heavy (non-hydrogen) atoms. The summed E-state index contributed by atoms with van der Waals surface area (Å²) in [5.41, 5.74) is -1.47. The third kappa shape index (κ3) is 10.1. The van der Waals surface area contributed by atoms with Crippen molar-refractivity contribution in [1.82, 2.24) is 15.2 Å². The highest BCUT2D eigenvalue weighted by molar-refractivity contribution is 7.70. The molecule has 0 spiro atoms. The van der Waals surface area contributed by atoms with Crippen LogP contribution in [0.3, 0.4) is 0 Å². The first-order valence-corrected chi connectivity index (χ1v) is 16.6. The van der Waals surface area contributed by atoms with Gasteiger partial charge >= 0.3 is 21.3 Å². The van der Waals surface area contributed by atoms with E-state index in [-0.39, 0.29) is 25.5 Å². The molecule has 224 valence electrons. The first-order chi connectivity index (χ1) is 18.7. The van der Waals surface area contributed by atoms with Crippen LogP contribution in [0.2, 0.25) is 5.02 Å². The zero-order valence-electron chi connectivity index (χ0n) is 22.6. The number of carbonyl (C=O) groups excluding carboxylic acids is 2. The van der Waals surface area contributed by atoms with Gasteiger partial charge in [0.05, 0.1) is 17.8 Å². The monoisotopic (exact) mass is 622 g/mol. The Morgan fingerprint density at radius 3 is 2.33 bits per heavy atom. The lowest BCUT2D eigenvalue weighted by atomic mass is 10.1. The van der Waals surface area contributed by atoms with Gasteiger partial charge in [-0.3, -0.25) is 23.8 Å². The van der Waals surface area contributed by atoms with Gasteiger partial charge in [-0.15, -0.1) is 0 Å². The molecule has 2 rings (SSSR count). The molecule has 0 radical (unpaired) electrons. The smallest absolute Gasteiger partial charge is 0.414 e. The van der Waals surface area contributed by atoms with Crippen LogP contribution in [0.15, 0.2) is 30.5 Å². The molecule has 16 heteroatoms. The van der Waals surface area contributed by atoms with E-state index in [1.807, 2.05) is 6.92 Å². The summed E-state index contributed by atoms with van der Waals surface area (Å²) in [6.45, 7) is 8.56. The Balaban J connectivity index is 2.13. The highest BCUT2D eigenvalue weighted by Gasteiger charge is 2.44. The van der Waals surface area contributed by atoms with Gasteiger partial charge in [0.25, 0.3) is 0 Å². The molecule has 0 fully saturated rings. The fourth-order valence-corrected chi connectivity index (χ4v) is 6.51. The first-order valence-electron chi connectivity index (χ1n) is 12.8. The molecule has 1 heterocycles. The normalized spacial score (nSPS) is 13.1. The van der Waals surface area contributed by atoms with Crippen molar-refractivity contribution in [2.75, 3.05) is 31.1 Å². The maximum absolute atomic E-state index is 13.3. The number of halogens is 1. The van der Waals surface area contributed by atoms with Crippen LogP contribution in [-0.4, -0.2) is 79.3 Å². The summed E-state index contributed by atoms with van der Waals surface area (Å²) in [6.07, 6.45) is 1.98. The van der Waals surface area contributed by atoms with Crippen LogP contribution < -0.4 is 10.2 Å². The molecule has 2 amide bonds. The summed E-state index contributed by atoms with van der Waals surface area (Å²) in [7, 11) is -10.6. The van der Waals surface area contributed by atoms with Crippen LogP contribution in [0.4, 0.5) is 10.5 Å². The Hall–Kier alpha value is -2.08.